The van der Waals surface area contributed by atoms with Crippen LogP contribution in [0.3, 0.4) is 0 Å². The van der Waals surface area contributed by atoms with Crippen molar-refractivity contribution in [2.45, 2.75) is 64.4 Å². The Hall–Kier alpha value is -0.890. The van der Waals surface area contributed by atoms with E-state index in [9.17, 15) is 9.90 Å². The average Bonchev–Trinajstić information content (AvgIpc) is 2.84. The topological polar surface area (TPSA) is 37.3 Å². The molecular weight excluding hydrogens is 272 g/mol. The number of hydrogen-bond acceptors (Lipinski definition) is 2. The smallest absolute Gasteiger partial charge is 0.155 e. The van der Waals surface area contributed by atoms with Crippen molar-refractivity contribution >= 4 is 5.78 Å². The van der Waals surface area contributed by atoms with Gasteiger partial charge >= 0.3 is 0 Å². The van der Waals surface area contributed by atoms with Crippen LogP contribution in [0.25, 0.3) is 0 Å². The van der Waals surface area contributed by atoms with Gasteiger partial charge < -0.3 is 5.11 Å². The molecule has 0 aromatic carbocycles. The zero-order valence-electron chi connectivity index (χ0n) is 13.7. The first-order valence-electron chi connectivity index (χ1n) is 9.16. The summed E-state index contributed by atoms with van der Waals surface area (Å²) in [6.45, 7) is 6.73. The number of carbonyl (C=O) groups excluding carboxylic acids is 1. The molecule has 0 bridgehead atoms. The molecule has 0 aromatic rings. The summed E-state index contributed by atoms with van der Waals surface area (Å²) in [5.74, 6) is 2.82. The van der Waals surface area contributed by atoms with E-state index in [1.165, 1.54) is 24.0 Å². The lowest BCUT2D eigenvalue weighted by Crippen LogP contribution is -2.49. The Balaban J connectivity index is 1.70. The molecule has 0 aliphatic heterocycles. The van der Waals surface area contributed by atoms with Crippen LogP contribution in [-0.2, 0) is 4.79 Å². The van der Waals surface area contributed by atoms with E-state index >= 15 is 0 Å². The van der Waals surface area contributed by atoms with E-state index in [4.69, 9.17) is 0 Å². The molecule has 0 heterocycles. The Morgan fingerprint density at radius 1 is 1.27 bits per heavy atom. The van der Waals surface area contributed by atoms with Crippen molar-refractivity contribution in [2.24, 2.45) is 29.1 Å². The van der Waals surface area contributed by atoms with E-state index in [0.29, 0.717) is 29.5 Å². The first-order valence-corrected chi connectivity index (χ1v) is 9.16. The predicted octanol–water partition coefficient (Wildman–Crippen LogP) is 4.05. The Bertz CT molecular complexity index is 546. The van der Waals surface area contributed by atoms with Gasteiger partial charge in [-0.25, -0.2) is 0 Å². The number of aliphatic hydroxyl groups is 1. The van der Waals surface area contributed by atoms with E-state index < -0.39 is 0 Å². The van der Waals surface area contributed by atoms with Crippen LogP contribution in [0.1, 0.15) is 58.3 Å². The maximum absolute atomic E-state index is 11.8. The maximum Gasteiger partial charge on any atom is 0.155 e. The standard InChI is InChI=1S/C20H28O2/c1-3-20-11-12(2)19-15-7-5-14(21)10-13(15)4-6-16(19)17(20)8-9-18(20)22/h10,15-19,22H,2-9,11H2,1H3/t15-,16+,17+,18+,19+,20+/m1/s1. The van der Waals surface area contributed by atoms with Crippen molar-refractivity contribution in [1.82, 2.24) is 0 Å². The van der Waals surface area contributed by atoms with E-state index in [1.54, 1.807) is 0 Å². The van der Waals surface area contributed by atoms with Crippen LogP contribution < -0.4 is 0 Å². The summed E-state index contributed by atoms with van der Waals surface area (Å²) >= 11 is 0. The zero-order chi connectivity index (χ0) is 15.5. The summed E-state index contributed by atoms with van der Waals surface area (Å²) in [6, 6.07) is 0. The molecular formula is C20H28O2. The van der Waals surface area contributed by atoms with Gasteiger partial charge in [0.2, 0.25) is 0 Å². The van der Waals surface area contributed by atoms with Crippen molar-refractivity contribution in [3.63, 3.8) is 0 Å². The maximum atomic E-state index is 11.8. The van der Waals surface area contributed by atoms with Crippen LogP contribution in [0.5, 0.6) is 0 Å². The first kappa shape index (κ1) is 14.7. The monoisotopic (exact) mass is 300 g/mol. The Kier molecular flexibility index (Phi) is 3.38. The van der Waals surface area contributed by atoms with Crippen LogP contribution >= 0.6 is 0 Å². The van der Waals surface area contributed by atoms with Gasteiger partial charge in [0.25, 0.3) is 0 Å². The molecule has 1 N–H and O–H groups in total. The van der Waals surface area contributed by atoms with Crippen LogP contribution in [0.2, 0.25) is 0 Å². The summed E-state index contributed by atoms with van der Waals surface area (Å²) in [7, 11) is 0. The van der Waals surface area contributed by atoms with E-state index in [0.717, 1.165) is 38.5 Å². The van der Waals surface area contributed by atoms with Gasteiger partial charge in [-0.1, -0.05) is 24.6 Å². The molecule has 0 spiro atoms. The molecule has 0 aromatic heterocycles. The summed E-state index contributed by atoms with van der Waals surface area (Å²) in [5.41, 5.74) is 2.87. The molecule has 4 aliphatic rings. The number of fused-ring (bicyclic) bond motifs is 5. The normalized spacial score (nSPS) is 47.5. The number of carbonyl (C=O) groups is 1. The molecule has 0 radical (unpaired) electrons. The lowest BCUT2D eigenvalue weighted by Gasteiger charge is -2.55. The van der Waals surface area contributed by atoms with Gasteiger partial charge in [-0.05, 0) is 74.7 Å². The van der Waals surface area contributed by atoms with Crippen molar-refractivity contribution in [3.8, 4) is 0 Å². The fraction of sp³-hybridized carbons (Fsp3) is 0.750. The molecule has 4 rings (SSSR count). The van der Waals surface area contributed by atoms with Crippen LogP contribution in [0, 0.1) is 29.1 Å². The Labute approximate surface area is 133 Å². The lowest BCUT2D eigenvalue weighted by atomic mass is 9.50. The summed E-state index contributed by atoms with van der Waals surface area (Å²) in [6.07, 6.45) is 10.1. The van der Waals surface area contributed by atoms with Gasteiger partial charge in [0.15, 0.2) is 5.78 Å². The van der Waals surface area contributed by atoms with Gasteiger partial charge in [-0.15, -0.1) is 0 Å². The Morgan fingerprint density at radius 2 is 2.09 bits per heavy atom. The highest BCUT2D eigenvalue weighted by Crippen LogP contribution is 2.64. The molecule has 22 heavy (non-hydrogen) atoms. The predicted molar refractivity (Wildman–Crippen MR) is 87.2 cm³/mol. The highest BCUT2D eigenvalue weighted by molar-refractivity contribution is 5.91. The molecule has 0 unspecified atom stereocenters. The number of ketones is 1. The SMILES string of the molecule is C=C1C[C@]2(CC)[C@@H](O)CC[C@H]2[C@@H]2CCC3=CC(=O)CC[C@H]3[C@H]12. The highest BCUT2D eigenvalue weighted by Gasteiger charge is 2.58. The minimum atomic E-state index is -0.134. The minimum absolute atomic E-state index is 0.101. The highest BCUT2D eigenvalue weighted by atomic mass is 16.3. The molecule has 6 atom stereocenters. The molecule has 3 saturated carbocycles. The minimum Gasteiger partial charge on any atom is -0.393 e. The largest absolute Gasteiger partial charge is 0.393 e. The molecule has 120 valence electrons. The average molecular weight is 300 g/mol. The number of allylic oxidation sites excluding steroid dienone is 2. The van der Waals surface area contributed by atoms with Crippen molar-refractivity contribution in [3.05, 3.63) is 23.8 Å². The Morgan fingerprint density at radius 3 is 2.86 bits per heavy atom. The number of aliphatic hydroxyl groups excluding tert-OH is 1. The molecule has 3 fully saturated rings. The van der Waals surface area contributed by atoms with Crippen LogP contribution in [0.4, 0.5) is 0 Å². The zero-order valence-corrected chi connectivity index (χ0v) is 13.7. The van der Waals surface area contributed by atoms with Gasteiger partial charge in [0, 0.05) is 11.8 Å². The summed E-state index contributed by atoms with van der Waals surface area (Å²) in [4.78, 5) is 11.8. The van der Waals surface area contributed by atoms with Crippen molar-refractivity contribution in [2.75, 3.05) is 0 Å². The fourth-order valence-corrected chi connectivity index (χ4v) is 6.60. The van der Waals surface area contributed by atoms with Crippen molar-refractivity contribution < 1.29 is 9.90 Å². The molecule has 2 nitrogen and oxygen atoms in total. The molecule has 4 aliphatic carbocycles. The fourth-order valence-electron chi connectivity index (χ4n) is 6.60. The third-order valence-electron chi connectivity index (χ3n) is 7.54. The second-order valence-corrected chi connectivity index (χ2v) is 8.18. The number of hydrogen-bond donors (Lipinski definition) is 1. The second kappa shape index (κ2) is 5.06. The number of rotatable bonds is 1. The van der Waals surface area contributed by atoms with E-state index in [1.807, 2.05) is 6.08 Å². The van der Waals surface area contributed by atoms with Crippen LogP contribution in [-0.4, -0.2) is 17.0 Å². The van der Waals surface area contributed by atoms with E-state index in [-0.39, 0.29) is 11.5 Å². The summed E-state index contributed by atoms with van der Waals surface area (Å²) < 4.78 is 0. The van der Waals surface area contributed by atoms with Gasteiger partial charge in [-0.2, -0.15) is 0 Å². The lowest BCUT2D eigenvalue weighted by molar-refractivity contribution is -0.115. The molecule has 0 amide bonds. The van der Waals surface area contributed by atoms with Gasteiger partial charge in [-0.3, -0.25) is 4.79 Å². The molecule has 2 heteroatoms. The molecule has 0 saturated heterocycles. The first-order chi connectivity index (χ1) is 10.6. The van der Waals surface area contributed by atoms with E-state index in [2.05, 4.69) is 13.5 Å². The summed E-state index contributed by atoms with van der Waals surface area (Å²) in [5, 5.41) is 10.7. The third kappa shape index (κ3) is 1.86. The van der Waals surface area contributed by atoms with Crippen molar-refractivity contribution in [1.29, 1.82) is 0 Å². The van der Waals surface area contributed by atoms with Gasteiger partial charge in [0.1, 0.15) is 0 Å². The second-order valence-electron chi connectivity index (χ2n) is 8.18. The third-order valence-corrected chi connectivity index (χ3v) is 7.54. The van der Waals surface area contributed by atoms with Crippen LogP contribution in [0.15, 0.2) is 23.8 Å². The van der Waals surface area contributed by atoms with Gasteiger partial charge in [0.05, 0.1) is 6.10 Å². The quantitative estimate of drug-likeness (QED) is 0.742.